The molecule has 0 rings (SSSR count). The highest BCUT2D eigenvalue weighted by atomic mass is 16.5. The number of carbonyl (C=O) groups excluding carboxylic acids is 1. The summed E-state index contributed by atoms with van der Waals surface area (Å²) in [6, 6.07) is 0. The highest BCUT2D eigenvalue weighted by Gasteiger charge is 1.94. The molecule has 0 aliphatic rings. The molecule has 10 heavy (non-hydrogen) atoms. The zero-order chi connectivity index (χ0) is 7.82. The van der Waals surface area contributed by atoms with Crippen molar-refractivity contribution < 1.29 is 9.53 Å². The molecule has 0 heterocycles. The number of carbonyl (C=O) groups is 1. The van der Waals surface area contributed by atoms with Crippen LogP contribution in [0.5, 0.6) is 0 Å². The maximum atomic E-state index is 10.5. The molecule has 0 aliphatic carbocycles. The Labute approximate surface area is 61.9 Å². The third-order valence-corrected chi connectivity index (χ3v) is 1.07. The Balaban J connectivity index is 3.11. The van der Waals surface area contributed by atoms with E-state index in [9.17, 15) is 4.79 Å². The van der Waals surface area contributed by atoms with Crippen molar-refractivity contribution >= 4 is 5.97 Å². The van der Waals surface area contributed by atoms with Crippen LogP contribution in [0.25, 0.3) is 0 Å². The van der Waals surface area contributed by atoms with Crippen LogP contribution in [0.3, 0.4) is 0 Å². The van der Waals surface area contributed by atoms with E-state index in [1.807, 2.05) is 19.1 Å². The van der Waals surface area contributed by atoms with Gasteiger partial charge in [0.2, 0.25) is 0 Å². The van der Waals surface area contributed by atoms with Gasteiger partial charge in [-0.2, -0.15) is 0 Å². The Morgan fingerprint density at radius 3 is 2.80 bits per heavy atom. The summed E-state index contributed by atoms with van der Waals surface area (Å²) < 4.78 is 4.80. The molecule has 0 radical (unpaired) electrons. The second kappa shape index (κ2) is 6.33. The quantitative estimate of drug-likeness (QED) is 0.340. The lowest BCUT2D eigenvalue weighted by Crippen LogP contribution is -2.02. The van der Waals surface area contributed by atoms with Crippen molar-refractivity contribution in [3.63, 3.8) is 0 Å². The van der Waals surface area contributed by atoms with Gasteiger partial charge in [-0.05, 0) is 13.3 Å². The number of esters is 1. The van der Waals surface area contributed by atoms with E-state index in [1.54, 1.807) is 6.92 Å². The Morgan fingerprint density at radius 2 is 2.30 bits per heavy atom. The van der Waals surface area contributed by atoms with Gasteiger partial charge >= 0.3 is 5.97 Å². The zero-order valence-corrected chi connectivity index (χ0v) is 6.59. The molecule has 2 nitrogen and oxygen atoms in total. The van der Waals surface area contributed by atoms with E-state index < -0.39 is 0 Å². The molecule has 58 valence electrons. The molecule has 0 N–H and O–H groups in total. The van der Waals surface area contributed by atoms with Crippen LogP contribution in [0, 0.1) is 0 Å². The molecule has 0 aromatic rings. The summed E-state index contributed by atoms with van der Waals surface area (Å²) in [7, 11) is 0. The van der Waals surface area contributed by atoms with Crippen molar-refractivity contribution in [2.75, 3.05) is 6.61 Å². The van der Waals surface area contributed by atoms with Crippen molar-refractivity contribution in [3.8, 4) is 0 Å². The van der Waals surface area contributed by atoms with Gasteiger partial charge in [0.1, 0.15) is 0 Å². The van der Waals surface area contributed by atoms with Crippen LogP contribution in [0.15, 0.2) is 12.2 Å². The molecule has 2 heteroatoms. The summed E-state index contributed by atoms with van der Waals surface area (Å²) in [5, 5.41) is 0. The highest BCUT2D eigenvalue weighted by molar-refractivity contribution is 5.68. The zero-order valence-electron chi connectivity index (χ0n) is 6.59. The van der Waals surface area contributed by atoms with E-state index in [0.717, 1.165) is 6.42 Å². The van der Waals surface area contributed by atoms with Gasteiger partial charge in [0, 0.05) is 6.42 Å². The third kappa shape index (κ3) is 5.35. The van der Waals surface area contributed by atoms with E-state index >= 15 is 0 Å². The average molecular weight is 142 g/mol. The monoisotopic (exact) mass is 142 g/mol. The van der Waals surface area contributed by atoms with Crippen LogP contribution in [-0.4, -0.2) is 12.6 Å². The molecule has 0 atom stereocenters. The highest BCUT2D eigenvalue weighted by Crippen LogP contribution is 1.88. The first-order chi connectivity index (χ1) is 4.81. The van der Waals surface area contributed by atoms with Crippen LogP contribution < -0.4 is 0 Å². The molecule has 0 aromatic heterocycles. The van der Waals surface area contributed by atoms with E-state index in [2.05, 4.69) is 0 Å². The Hall–Kier alpha value is -0.790. The predicted molar refractivity (Wildman–Crippen MR) is 40.7 cm³/mol. The Bertz CT molecular complexity index is 116. The van der Waals surface area contributed by atoms with Gasteiger partial charge in [0.05, 0.1) is 6.61 Å². The van der Waals surface area contributed by atoms with Crippen molar-refractivity contribution in [3.05, 3.63) is 12.2 Å². The van der Waals surface area contributed by atoms with Crippen LogP contribution in [0.2, 0.25) is 0 Å². The van der Waals surface area contributed by atoms with Crippen molar-refractivity contribution in [2.24, 2.45) is 0 Å². The van der Waals surface area contributed by atoms with Crippen molar-refractivity contribution in [1.82, 2.24) is 0 Å². The summed E-state index contributed by atoms with van der Waals surface area (Å²) in [5.41, 5.74) is 0. The van der Waals surface area contributed by atoms with Gasteiger partial charge in [-0.1, -0.05) is 19.1 Å². The number of rotatable bonds is 4. The molecule has 0 bridgehead atoms. The third-order valence-electron chi connectivity index (χ3n) is 1.07. The minimum Gasteiger partial charge on any atom is -0.465 e. The summed E-state index contributed by atoms with van der Waals surface area (Å²) in [5.74, 6) is -0.121. The van der Waals surface area contributed by atoms with Gasteiger partial charge < -0.3 is 4.74 Å². The first-order valence-corrected chi connectivity index (χ1v) is 3.58. The SMILES string of the molecule is C/C=C/CCOC(=O)CC. The predicted octanol–water partition coefficient (Wildman–Crippen LogP) is 1.91. The molecule has 0 unspecified atom stereocenters. The molecule has 0 amide bonds. The second-order valence-electron chi connectivity index (χ2n) is 1.93. The van der Waals surface area contributed by atoms with Gasteiger partial charge in [-0.15, -0.1) is 0 Å². The van der Waals surface area contributed by atoms with Crippen molar-refractivity contribution in [2.45, 2.75) is 26.7 Å². The molecule has 0 aromatic carbocycles. The number of allylic oxidation sites excluding steroid dienone is 1. The molecule has 0 fully saturated rings. The molecule has 0 saturated carbocycles. The maximum Gasteiger partial charge on any atom is 0.305 e. The van der Waals surface area contributed by atoms with Crippen LogP contribution in [-0.2, 0) is 9.53 Å². The van der Waals surface area contributed by atoms with Gasteiger partial charge in [-0.3, -0.25) is 4.79 Å². The second-order valence-corrected chi connectivity index (χ2v) is 1.93. The number of hydrogen-bond donors (Lipinski definition) is 0. The Morgan fingerprint density at radius 1 is 1.60 bits per heavy atom. The largest absolute Gasteiger partial charge is 0.465 e. The topological polar surface area (TPSA) is 26.3 Å². The van der Waals surface area contributed by atoms with E-state index in [4.69, 9.17) is 4.74 Å². The lowest BCUT2D eigenvalue weighted by molar-refractivity contribution is -0.143. The van der Waals surface area contributed by atoms with Gasteiger partial charge in [0.15, 0.2) is 0 Å². The molecule has 0 saturated heterocycles. The van der Waals surface area contributed by atoms with Crippen LogP contribution >= 0.6 is 0 Å². The normalized spacial score (nSPS) is 10.2. The summed E-state index contributed by atoms with van der Waals surface area (Å²) in [6.07, 6.45) is 5.21. The minimum atomic E-state index is -0.121. The van der Waals surface area contributed by atoms with Crippen LogP contribution in [0.1, 0.15) is 26.7 Å². The molecular weight excluding hydrogens is 128 g/mol. The molecule has 0 aliphatic heterocycles. The summed E-state index contributed by atoms with van der Waals surface area (Å²) in [6.45, 7) is 4.25. The van der Waals surface area contributed by atoms with Gasteiger partial charge in [-0.25, -0.2) is 0 Å². The van der Waals surface area contributed by atoms with Gasteiger partial charge in [0.25, 0.3) is 0 Å². The standard InChI is InChI=1S/C8H14O2/c1-3-5-6-7-10-8(9)4-2/h3,5H,4,6-7H2,1-2H3/b5-3+. The smallest absolute Gasteiger partial charge is 0.305 e. The van der Waals surface area contributed by atoms with Crippen LogP contribution in [0.4, 0.5) is 0 Å². The molecule has 0 spiro atoms. The number of ether oxygens (including phenoxy) is 1. The minimum absolute atomic E-state index is 0.121. The fraction of sp³-hybridized carbons (Fsp3) is 0.625. The van der Waals surface area contributed by atoms with E-state index in [-0.39, 0.29) is 5.97 Å². The lowest BCUT2D eigenvalue weighted by Gasteiger charge is -1.98. The number of hydrogen-bond acceptors (Lipinski definition) is 2. The fourth-order valence-corrected chi connectivity index (χ4v) is 0.510. The molecular formula is C8H14O2. The summed E-state index contributed by atoms with van der Waals surface area (Å²) in [4.78, 5) is 10.5. The fourth-order valence-electron chi connectivity index (χ4n) is 0.510. The Kier molecular flexibility index (Phi) is 5.83. The van der Waals surface area contributed by atoms with Crippen molar-refractivity contribution in [1.29, 1.82) is 0 Å². The van der Waals surface area contributed by atoms with E-state index in [0.29, 0.717) is 13.0 Å². The summed E-state index contributed by atoms with van der Waals surface area (Å²) >= 11 is 0. The first-order valence-electron chi connectivity index (χ1n) is 3.58. The lowest BCUT2D eigenvalue weighted by atomic mass is 10.4. The van der Waals surface area contributed by atoms with E-state index in [1.165, 1.54) is 0 Å². The first kappa shape index (κ1) is 9.21. The average Bonchev–Trinajstić information content (AvgIpc) is 1.98. The maximum absolute atomic E-state index is 10.5.